The zero-order valence-corrected chi connectivity index (χ0v) is 40.2. The van der Waals surface area contributed by atoms with Gasteiger partial charge in [-0.05, 0) is 64.2 Å². The van der Waals surface area contributed by atoms with E-state index >= 15 is 0 Å². The first kappa shape index (κ1) is 58.1. The molecule has 0 aromatic heterocycles. The van der Waals surface area contributed by atoms with Crippen LogP contribution in [0.15, 0.2) is 60.8 Å². The largest absolute Gasteiger partial charge is 0.462 e. The lowest BCUT2D eigenvalue weighted by Gasteiger charge is -2.18. The Morgan fingerprint density at radius 2 is 0.639 bits per heavy atom. The summed E-state index contributed by atoms with van der Waals surface area (Å²) in [5.74, 6) is -0.907. The van der Waals surface area contributed by atoms with Crippen molar-refractivity contribution in [3.8, 4) is 0 Å². The number of allylic oxidation sites excluding steroid dienone is 10. The average molecular weight is 853 g/mol. The molecule has 0 aliphatic carbocycles. The molecule has 6 heteroatoms. The highest BCUT2D eigenvalue weighted by Crippen LogP contribution is 2.15. The Kier molecular flexibility index (Phi) is 47.4. The van der Waals surface area contributed by atoms with Crippen LogP contribution in [0.3, 0.4) is 0 Å². The molecule has 61 heavy (non-hydrogen) atoms. The summed E-state index contributed by atoms with van der Waals surface area (Å²) in [5.41, 5.74) is 0. The summed E-state index contributed by atoms with van der Waals surface area (Å²) in [7, 11) is 0. The third kappa shape index (κ3) is 48.0. The number of rotatable bonds is 46. The minimum atomic E-state index is -0.776. The predicted molar refractivity (Wildman–Crippen MR) is 261 cm³/mol. The van der Waals surface area contributed by atoms with Gasteiger partial charge in [0.25, 0.3) is 0 Å². The van der Waals surface area contributed by atoms with Crippen molar-refractivity contribution in [3.05, 3.63) is 60.8 Å². The summed E-state index contributed by atoms with van der Waals surface area (Å²) < 4.78 is 16.7. The van der Waals surface area contributed by atoms with Crippen LogP contribution in [0, 0.1) is 0 Å². The molecule has 0 radical (unpaired) electrons. The zero-order chi connectivity index (χ0) is 44.4. The maximum absolute atomic E-state index is 12.7. The van der Waals surface area contributed by atoms with Gasteiger partial charge in [-0.2, -0.15) is 0 Å². The number of carbonyl (C=O) groups excluding carboxylic acids is 3. The van der Waals surface area contributed by atoms with Gasteiger partial charge < -0.3 is 14.2 Å². The van der Waals surface area contributed by atoms with Crippen molar-refractivity contribution in [2.24, 2.45) is 0 Å². The van der Waals surface area contributed by atoms with Crippen molar-refractivity contribution in [3.63, 3.8) is 0 Å². The number of esters is 3. The second-order valence-corrected chi connectivity index (χ2v) is 17.1. The van der Waals surface area contributed by atoms with Gasteiger partial charge in [0, 0.05) is 19.3 Å². The van der Waals surface area contributed by atoms with Gasteiger partial charge in [0.15, 0.2) is 6.10 Å². The second kappa shape index (κ2) is 49.8. The molecule has 0 heterocycles. The van der Waals surface area contributed by atoms with Crippen LogP contribution in [0.4, 0.5) is 0 Å². The van der Waals surface area contributed by atoms with Gasteiger partial charge in [0.2, 0.25) is 0 Å². The highest BCUT2D eigenvalue weighted by molar-refractivity contribution is 5.71. The van der Waals surface area contributed by atoms with Gasteiger partial charge in [-0.1, -0.05) is 229 Å². The fraction of sp³-hybridized carbons (Fsp3) is 0.764. The summed E-state index contributed by atoms with van der Waals surface area (Å²) in [6, 6.07) is 0. The maximum Gasteiger partial charge on any atom is 0.306 e. The van der Waals surface area contributed by atoms with Crippen molar-refractivity contribution in [2.75, 3.05) is 13.2 Å². The van der Waals surface area contributed by atoms with Gasteiger partial charge in [0.05, 0.1) is 0 Å². The average Bonchev–Trinajstić information content (AvgIpc) is 3.26. The van der Waals surface area contributed by atoms with E-state index in [1.54, 1.807) is 0 Å². The fourth-order valence-electron chi connectivity index (χ4n) is 7.17. The van der Waals surface area contributed by atoms with Gasteiger partial charge in [-0.15, -0.1) is 0 Å². The summed E-state index contributed by atoms with van der Waals surface area (Å²) in [4.78, 5) is 37.7. The molecule has 1 atom stereocenters. The lowest BCUT2D eigenvalue weighted by Crippen LogP contribution is -2.30. The summed E-state index contributed by atoms with van der Waals surface area (Å²) in [6.07, 6.45) is 61.0. The Labute approximate surface area is 377 Å². The van der Waals surface area contributed by atoms with Gasteiger partial charge in [0.1, 0.15) is 13.2 Å². The molecule has 0 aliphatic heterocycles. The molecule has 6 nitrogen and oxygen atoms in total. The molecule has 0 fully saturated rings. The van der Waals surface area contributed by atoms with E-state index in [0.717, 1.165) is 116 Å². The maximum atomic E-state index is 12.7. The molecule has 0 aromatic carbocycles. The van der Waals surface area contributed by atoms with E-state index in [1.165, 1.54) is 96.3 Å². The molecule has 0 aromatic rings. The molecule has 0 aliphatic rings. The summed E-state index contributed by atoms with van der Waals surface area (Å²) in [6.45, 7) is 6.44. The van der Waals surface area contributed by atoms with E-state index in [9.17, 15) is 14.4 Å². The van der Waals surface area contributed by atoms with E-state index in [1.807, 2.05) is 0 Å². The van der Waals surface area contributed by atoms with Crippen LogP contribution in [0.5, 0.6) is 0 Å². The van der Waals surface area contributed by atoms with Crippen LogP contribution in [0.2, 0.25) is 0 Å². The van der Waals surface area contributed by atoms with Crippen molar-refractivity contribution >= 4 is 17.9 Å². The molecule has 0 N–H and O–H groups in total. The first-order chi connectivity index (χ1) is 30.0. The Morgan fingerprint density at radius 1 is 0.344 bits per heavy atom. The fourth-order valence-corrected chi connectivity index (χ4v) is 7.17. The normalized spacial score (nSPS) is 12.5. The minimum Gasteiger partial charge on any atom is -0.462 e. The van der Waals surface area contributed by atoms with Crippen molar-refractivity contribution < 1.29 is 28.6 Å². The van der Waals surface area contributed by atoms with Gasteiger partial charge in [-0.3, -0.25) is 14.4 Å². The highest BCUT2D eigenvalue weighted by atomic mass is 16.6. The number of ether oxygens (including phenoxy) is 3. The summed E-state index contributed by atoms with van der Waals surface area (Å²) in [5, 5.41) is 0. The van der Waals surface area contributed by atoms with E-state index in [-0.39, 0.29) is 31.1 Å². The Hall–Kier alpha value is -2.89. The van der Waals surface area contributed by atoms with Crippen LogP contribution in [0.1, 0.15) is 252 Å². The van der Waals surface area contributed by atoms with Crippen LogP contribution in [-0.4, -0.2) is 37.2 Å². The Balaban J connectivity index is 4.19. The monoisotopic (exact) mass is 853 g/mol. The third-order valence-electron chi connectivity index (χ3n) is 11.0. The quantitative estimate of drug-likeness (QED) is 0.0263. The molecule has 0 amide bonds. The smallest absolute Gasteiger partial charge is 0.306 e. The van der Waals surface area contributed by atoms with Crippen molar-refractivity contribution in [1.82, 2.24) is 0 Å². The molecular formula is C55H96O6. The van der Waals surface area contributed by atoms with E-state index in [4.69, 9.17) is 14.2 Å². The SMILES string of the molecule is CC/C=C\C/C=C\C/C=C\C/C=C\C/C=C\CCCCCCCC(=O)OCC(COC(=O)CCCCCCC)OC(=O)CCCCCCCCCCCCCCCCCCC. The summed E-state index contributed by atoms with van der Waals surface area (Å²) >= 11 is 0. The molecular weight excluding hydrogens is 757 g/mol. The molecule has 0 rings (SSSR count). The van der Waals surface area contributed by atoms with Gasteiger partial charge in [-0.25, -0.2) is 0 Å². The Morgan fingerprint density at radius 3 is 1.00 bits per heavy atom. The number of unbranched alkanes of at least 4 members (excludes halogenated alkanes) is 25. The van der Waals surface area contributed by atoms with E-state index in [0.29, 0.717) is 19.3 Å². The first-order valence-corrected chi connectivity index (χ1v) is 25.8. The van der Waals surface area contributed by atoms with Crippen molar-refractivity contribution in [2.45, 2.75) is 258 Å². The van der Waals surface area contributed by atoms with Crippen LogP contribution < -0.4 is 0 Å². The van der Waals surface area contributed by atoms with Crippen LogP contribution >= 0.6 is 0 Å². The second-order valence-electron chi connectivity index (χ2n) is 17.1. The Bertz CT molecular complexity index is 1120. The zero-order valence-electron chi connectivity index (χ0n) is 40.2. The predicted octanol–water partition coefficient (Wildman–Crippen LogP) is 16.9. The number of hydrogen-bond donors (Lipinski definition) is 0. The molecule has 1 unspecified atom stereocenters. The lowest BCUT2D eigenvalue weighted by molar-refractivity contribution is -0.167. The minimum absolute atomic E-state index is 0.0796. The number of hydrogen-bond acceptors (Lipinski definition) is 6. The van der Waals surface area contributed by atoms with E-state index < -0.39 is 6.10 Å². The lowest BCUT2D eigenvalue weighted by atomic mass is 10.0. The van der Waals surface area contributed by atoms with E-state index in [2.05, 4.69) is 81.5 Å². The van der Waals surface area contributed by atoms with Crippen LogP contribution in [0.25, 0.3) is 0 Å². The molecule has 352 valence electrons. The first-order valence-electron chi connectivity index (χ1n) is 25.8. The molecule has 0 saturated heterocycles. The van der Waals surface area contributed by atoms with Crippen LogP contribution in [-0.2, 0) is 28.6 Å². The molecule has 0 saturated carbocycles. The molecule has 0 bridgehead atoms. The highest BCUT2D eigenvalue weighted by Gasteiger charge is 2.19. The topological polar surface area (TPSA) is 78.9 Å². The molecule has 0 spiro atoms. The third-order valence-corrected chi connectivity index (χ3v) is 11.0. The number of carbonyl (C=O) groups is 3. The van der Waals surface area contributed by atoms with Gasteiger partial charge >= 0.3 is 17.9 Å². The standard InChI is InChI=1S/C55H96O6/c1-4-7-10-13-15-17-19-21-23-25-26-27-28-30-31-33-35-37-39-42-45-48-54(57)60-51-52(50-59-53(56)47-44-41-12-9-6-3)61-55(58)49-46-43-40-38-36-34-32-29-24-22-20-18-16-14-11-8-5-2/h7,10,15,17,21,23,26-27,30-31,52H,4-6,8-9,11-14,16,18-20,22,24-25,28-29,32-51H2,1-3H3/b10-7-,17-15-,23-21-,27-26-,31-30-. The van der Waals surface area contributed by atoms with Crippen molar-refractivity contribution in [1.29, 1.82) is 0 Å².